The highest BCUT2D eigenvalue weighted by Crippen LogP contribution is 2.37. The molecule has 0 bridgehead atoms. The third kappa shape index (κ3) is 7.52. The third-order valence-electron chi connectivity index (χ3n) is 8.25. The molecule has 1 saturated carbocycles. The lowest BCUT2D eigenvalue weighted by molar-refractivity contribution is -0.149. The summed E-state index contributed by atoms with van der Waals surface area (Å²) in [6.45, 7) is 5.53. The number of anilines is 1. The molecular formula is C32H45N3O4. The monoisotopic (exact) mass is 535 g/mol. The molecule has 7 heteroatoms. The van der Waals surface area contributed by atoms with Crippen molar-refractivity contribution in [3.8, 4) is 5.75 Å². The van der Waals surface area contributed by atoms with E-state index in [1.807, 2.05) is 6.92 Å². The number of ether oxygens (including phenoxy) is 3. The average Bonchev–Trinajstić information content (AvgIpc) is 3.66. The maximum Gasteiger partial charge on any atom is 0.328 e. The van der Waals surface area contributed by atoms with Crippen molar-refractivity contribution in [2.75, 3.05) is 45.3 Å². The van der Waals surface area contributed by atoms with Gasteiger partial charge in [0.25, 0.3) is 0 Å². The SMILES string of the molecule is CCOC(=O)C(c1ccc(CC2CC2)cc1OC)N1CC[C@@H](OCCCCCc2ccc3c(n2)NCCC3)C1. The standard InChI is InChI=1S/C32H45N3O4/c1-3-38-32(36)30(28-15-12-24(20-23-10-11-23)21-29(28)37-2)35-18-16-27(22-35)39-19-6-4-5-9-26-14-13-25-8-7-17-33-31(25)34-26/h12-15,21,23,27,30H,3-11,16-20,22H2,1-2H3,(H,33,34)/t27-,30?/m1/s1. The number of rotatable bonds is 14. The molecule has 3 heterocycles. The van der Waals surface area contributed by atoms with E-state index < -0.39 is 6.04 Å². The number of methoxy groups -OCH3 is 1. The molecule has 0 radical (unpaired) electrons. The number of fused-ring (bicyclic) bond motifs is 1. The quantitative estimate of drug-likeness (QED) is 0.253. The van der Waals surface area contributed by atoms with Gasteiger partial charge in [0.2, 0.25) is 0 Å². The molecular weight excluding hydrogens is 490 g/mol. The number of benzene rings is 1. The van der Waals surface area contributed by atoms with Crippen LogP contribution in [-0.2, 0) is 33.5 Å². The molecule has 1 aliphatic carbocycles. The number of pyridine rings is 1. The van der Waals surface area contributed by atoms with Gasteiger partial charge in [-0.2, -0.15) is 0 Å². The molecule has 1 unspecified atom stereocenters. The second kappa shape index (κ2) is 13.6. The summed E-state index contributed by atoms with van der Waals surface area (Å²) >= 11 is 0. The van der Waals surface area contributed by atoms with Gasteiger partial charge in [0.05, 0.1) is 19.8 Å². The zero-order valence-electron chi connectivity index (χ0n) is 23.8. The van der Waals surface area contributed by atoms with Crippen molar-refractivity contribution in [2.45, 2.75) is 83.3 Å². The van der Waals surface area contributed by atoms with Gasteiger partial charge in [-0.25, -0.2) is 9.78 Å². The van der Waals surface area contributed by atoms with E-state index in [9.17, 15) is 4.79 Å². The molecule has 1 aromatic heterocycles. The third-order valence-corrected chi connectivity index (χ3v) is 8.25. The molecule has 2 aliphatic heterocycles. The molecule has 1 N–H and O–H groups in total. The van der Waals surface area contributed by atoms with Crippen LogP contribution in [0.5, 0.6) is 5.75 Å². The number of nitrogens with one attached hydrogen (secondary N) is 1. The Morgan fingerprint density at radius 3 is 2.87 bits per heavy atom. The number of likely N-dealkylation sites (tertiary alicyclic amines) is 1. The summed E-state index contributed by atoms with van der Waals surface area (Å²) in [6.07, 6.45) is 11.4. The lowest BCUT2D eigenvalue weighted by Crippen LogP contribution is -2.35. The van der Waals surface area contributed by atoms with E-state index in [0.717, 1.165) is 94.2 Å². The molecule has 2 fully saturated rings. The summed E-state index contributed by atoms with van der Waals surface area (Å²) in [6, 6.07) is 10.3. The Balaban J connectivity index is 1.09. The van der Waals surface area contributed by atoms with Gasteiger partial charge < -0.3 is 19.5 Å². The van der Waals surface area contributed by atoms with Gasteiger partial charge in [0.15, 0.2) is 0 Å². The van der Waals surface area contributed by atoms with Crippen LogP contribution in [0, 0.1) is 5.92 Å². The number of aromatic nitrogens is 1. The summed E-state index contributed by atoms with van der Waals surface area (Å²) in [5, 5.41) is 3.43. The number of nitrogens with zero attached hydrogens (tertiary/aromatic N) is 2. The van der Waals surface area contributed by atoms with Gasteiger partial charge in [-0.05, 0) is 93.9 Å². The Morgan fingerprint density at radius 2 is 2.05 bits per heavy atom. The zero-order valence-corrected chi connectivity index (χ0v) is 23.8. The normalized spacial score (nSPS) is 19.8. The Kier molecular flexibility index (Phi) is 9.75. The number of carbonyl (C=O) groups is 1. The fourth-order valence-electron chi connectivity index (χ4n) is 5.93. The average molecular weight is 536 g/mol. The summed E-state index contributed by atoms with van der Waals surface area (Å²) in [5.74, 6) is 2.45. The Bertz CT molecular complexity index is 1100. The van der Waals surface area contributed by atoms with Crippen molar-refractivity contribution in [1.29, 1.82) is 0 Å². The first-order valence-electron chi connectivity index (χ1n) is 15.1. The molecule has 0 amide bonds. The van der Waals surface area contributed by atoms with Crippen molar-refractivity contribution in [3.05, 3.63) is 52.7 Å². The van der Waals surface area contributed by atoms with Crippen molar-refractivity contribution < 1.29 is 19.0 Å². The highest BCUT2D eigenvalue weighted by molar-refractivity contribution is 5.79. The predicted octanol–water partition coefficient (Wildman–Crippen LogP) is 5.51. The van der Waals surface area contributed by atoms with E-state index in [4.69, 9.17) is 19.2 Å². The first-order chi connectivity index (χ1) is 19.1. The van der Waals surface area contributed by atoms with Crippen molar-refractivity contribution in [3.63, 3.8) is 0 Å². The number of aryl methyl sites for hydroxylation is 2. The van der Waals surface area contributed by atoms with Crippen molar-refractivity contribution in [1.82, 2.24) is 9.88 Å². The molecule has 7 nitrogen and oxygen atoms in total. The lowest BCUT2D eigenvalue weighted by Gasteiger charge is -2.28. The summed E-state index contributed by atoms with van der Waals surface area (Å²) in [4.78, 5) is 20.2. The molecule has 39 heavy (non-hydrogen) atoms. The van der Waals surface area contributed by atoms with Crippen LogP contribution < -0.4 is 10.1 Å². The summed E-state index contributed by atoms with van der Waals surface area (Å²) < 4.78 is 17.5. The molecule has 2 aromatic rings. The molecule has 0 spiro atoms. The van der Waals surface area contributed by atoms with E-state index in [0.29, 0.717) is 6.61 Å². The van der Waals surface area contributed by atoms with Crippen LogP contribution in [-0.4, -0.2) is 61.9 Å². The fourth-order valence-corrected chi connectivity index (χ4v) is 5.93. The Hall–Kier alpha value is -2.64. The minimum Gasteiger partial charge on any atom is -0.496 e. The molecule has 5 rings (SSSR count). The van der Waals surface area contributed by atoms with E-state index in [-0.39, 0.29) is 12.1 Å². The van der Waals surface area contributed by atoms with Crippen molar-refractivity contribution >= 4 is 11.8 Å². The van der Waals surface area contributed by atoms with Crippen LogP contribution in [0.1, 0.15) is 80.3 Å². The van der Waals surface area contributed by atoms with Crippen LogP contribution in [0.2, 0.25) is 0 Å². The smallest absolute Gasteiger partial charge is 0.328 e. The van der Waals surface area contributed by atoms with Gasteiger partial charge >= 0.3 is 5.97 Å². The number of unbranched alkanes of at least 4 members (excludes halogenated alkanes) is 2. The first-order valence-corrected chi connectivity index (χ1v) is 15.1. The van der Waals surface area contributed by atoms with E-state index >= 15 is 0 Å². The summed E-state index contributed by atoms with van der Waals surface area (Å²) in [7, 11) is 1.69. The number of hydrogen-bond acceptors (Lipinski definition) is 7. The van der Waals surface area contributed by atoms with Gasteiger partial charge in [0.1, 0.15) is 17.6 Å². The number of esters is 1. The minimum absolute atomic E-state index is 0.135. The van der Waals surface area contributed by atoms with Gasteiger partial charge in [0, 0.05) is 37.5 Å². The zero-order chi connectivity index (χ0) is 27.0. The number of carbonyl (C=O) groups excluding carboxylic acids is 1. The van der Waals surface area contributed by atoms with Crippen molar-refractivity contribution in [2.24, 2.45) is 5.92 Å². The second-order valence-electron chi connectivity index (χ2n) is 11.3. The topological polar surface area (TPSA) is 72.9 Å². The highest BCUT2D eigenvalue weighted by atomic mass is 16.5. The molecule has 212 valence electrons. The maximum absolute atomic E-state index is 13.1. The second-order valence-corrected chi connectivity index (χ2v) is 11.3. The maximum atomic E-state index is 13.1. The molecule has 2 atom stereocenters. The summed E-state index contributed by atoms with van der Waals surface area (Å²) in [5.41, 5.74) is 4.69. The molecule has 3 aliphatic rings. The molecule has 1 saturated heterocycles. The van der Waals surface area contributed by atoms with Crippen LogP contribution >= 0.6 is 0 Å². The Labute approximate surface area is 233 Å². The van der Waals surface area contributed by atoms with Crippen LogP contribution in [0.4, 0.5) is 5.82 Å². The highest BCUT2D eigenvalue weighted by Gasteiger charge is 2.37. The van der Waals surface area contributed by atoms with Crippen LogP contribution in [0.15, 0.2) is 30.3 Å². The van der Waals surface area contributed by atoms with Crippen LogP contribution in [0.25, 0.3) is 0 Å². The minimum atomic E-state index is -0.470. The fraction of sp³-hybridized carbons (Fsp3) is 0.625. The molecule has 1 aromatic carbocycles. The largest absolute Gasteiger partial charge is 0.496 e. The van der Waals surface area contributed by atoms with E-state index in [1.165, 1.54) is 36.1 Å². The van der Waals surface area contributed by atoms with Gasteiger partial charge in [-0.15, -0.1) is 0 Å². The van der Waals surface area contributed by atoms with Gasteiger partial charge in [-0.3, -0.25) is 4.90 Å². The first kappa shape index (κ1) is 27.9. The van der Waals surface area contributed by atoms with Crippen LogP contribution in [0.3, 0.4) is 0 Å². The van der Waals surface area contributed by atoms with E-state index in [2.05, 4.69) is 40.5 Å². The van der Waals surface area contributed by atoms with E-state index in [1.54, 1.807) is 7.11 Å². The number of hydrogen-bond donors (Lipinski definition) is 1. The lowest BCUT2D eigenvalue weighted by atomic mass is 9.99. The Morgan fingerprint density at radius 1 is 1.15 bits per heavy atom. The predicted molar refractivity (Wildman–Crippen MR) is 153 cm³/mol. The van der Waals surface area contributed by atoms with Gasteiger partial charge in [-0.1, -0.05) is 24.6 Å².